The summed E-state index contributed by atoms with van der Waals surface area (Å²) in [4.78, 5) is 2.46. The van der Waals surface area contributed by atoms with Gasteiger partial charge >= 0.3 is 0 Å². The molecular weight excluding hydrogens is 172 g/mol. The third-order valence-electron chi connectivity index (χ3n) is 3.38. The standard InChI is InChI=1S/C12H28N2/c1-7-11(13-9-3)10-14(6)12(4,5)8-2/h11,13H,7-10H2,1-6H3. The lowest BCUT2D eigenvalue weighted by atomic mass is 9.99. The second kappa shape index (κ2) is 6.41. The van der Waals surface area contributed by atoms with Crippen molar-refractivity contribution in [2.24, 2.45) is 0 Å². The molecule has 14 heavy (non-hydrogen) atoms. The highest BCUT2D eigenvalue weighted by atomic mass is 15.2. The fraction of sp³-hybridized carbons (Fsp3) is 1.00. The molecule has 0 rings (SSSR count). The number of hydrogen-bond donors (Lipinski definition) is 1. The molecule has 0 aliphatic rings. The minimum Gasteiger partial charge on any atom is -0.313 e. The summed E-state index contributed by atoms with van der Waals surface area (Å²) < 4.78 is 0. The van der Waals surface area contributed by atoms with Gasteiger partial charge in [0.05, 0.1) is 0 Å². The summed E-state index contributed by atoms with van der Waals surface area (Å²) in [5, 5.41) is 3.52. The molecule has 0 aromatic carbocycles. The predicted molar refractivity (Wildman–Crippen MR) is 64.8 cm³/mol. The summed E-state index contributed by atoms with van der Waals surface area (Å²) in [6.45, 7) is 13.5. The van der Waals surface area contributed by atoms with Crippen LogP contribution in [0.15, 0.2) is 0 Å². The van der Waals surface area contributed by atoms with Crippen LogP contribution in [0, 0.1) is 0 Å². The van der Waals surface area contributed by atoms with E-state index >= 15 is 0 Å². The average molecular weight is 200 g/mol. The van der Waals surface area contributed by atoms with E-state index in [1.165, 1.54) is 12.8 Å². The Balaban J connectivity index is 4.07. The lowest BCUT2D eigenvalue weighted by Gasteiger charge is -2.37. The zero-order valence-corrected chi connectivity index (χ0v) is 10.9. The van der Waals surface area contributed by atoms with E-state index in [0.717, 1.165) is 13.1 Å². The zero-order valence-electron chi connectivity index (χ0n) is 10.9. The van der Waals surface area contributed by atoms with Crippen molar-refractivity contribution in [2.45, 2.75) is 59.0 Å². The van der Waals surface area contributed by atoms with Gasteiger partial charge in [0, 0.05) is 18.1 Å². The average Bonchev–Trinajstić information content (AvgIpc) is 2.16. The summed E-state index contributed by atoms with van der Waals surface area (Å²) in [5.74, 6) is 0. The van der Waals surface area contributed by atoms with Gasteiger partial charge in [-0.25, -0.2) is 0 Å². The first-order valence-corrected chi connectivity index (χ1v) is 5.92. The van der Waals surface area contributed by atoms with Crippen molar-refractivity contribution in [3.63, 3.8) is 0 Å². The highest BCUT2D eigenvalue weighted by molar-refractivity contribution is 4.80. The summed E-state index contributed by atoms with van der Waals surface area (Å²) in [5.41, 5.74) is 0.322. The fourth-order valence-electron chi connectivity index (χ4n) is 1.47. The van der Waals surface area contributed by atoms with Crippen LogP contribution in [0.2, 0.25) is 0 Å². The van der Waals surface area contributed by atoms with Gasteiger partial charge in [-0.2, -0.15) is 0 Å². The first kappa shape index (κ1) is 13.9. The Bertz CT molecular complexity index is 143. The van der Waals surface area contributed by atoms with Crippen molar-refractivity contribution in [3.8, 4) is 0 Å². The molecule has 0 spiro atoms. The zero-order chi connectivity index (χ0) is 11.2. The van der Waals surface area contributed by atoms with Crippen LogP contribution in [-0.4, -0.2) is 36.6 Å². The van der Waals surface area contributed by atoms with E-state index < -0.39 is 0 Å². The normalized spacial score (nSPS) is 14.8. The van der Waals surface area contributed by atoms with Crippen molar-refractivity contribution in [2.75, 3.05) is 20.1 Å². The third kappa shape index (κ3) is 4.43. The number of rotatable bonds is 7. The van der Waals surface area contributed by atoms with Gasteiger partial charge in [0.25, 0.3) is 0 Å². The molecule has 1 atom stereocenters. The van der Waals surface area contributed by atoms with Crippen molar-refractivity contribution in [1.29, 1.82) is 0 Å². The molecular formula is C12H28N2. The Labute approximate surface area is 90.1 Å². The first-order chi connectivity index (χ1) is 6.47. The fourth-order valence-corrected chi connectivity index (χ4v) is 1.47. The molecule has 0 saturated heterocycles. The molecule has 0 heterocycles. The molecule has 0 radical (unpaired) electrons. The molecule has 0 bridgehead atoms. The number of nitrogens with one attached hydrogen (secondary N) is 1. The largest absolute Gasteiger partial charge is 0.313 e. The summed E-state index contributed by atoms with van der Waals surface area (Å²) in [6.07, 6.45) is 2.41. The molecule has 0 aliphatic heterocycles. The van der Waals surface area contributed by atoms with E-state index in [1.54, 1.807) is 0 Å². The van der Waals surface area contributed by atoms with E-state index in [-0.39, 0.29) is 0 Å². The van der Waals surface area contributed by atoms with Gasteiger partial charge in [0.1, 0.15) is 0 Å². The molecule has 0 aromatic heterocycles. The third-order valence-corrected chi connectivity index (χ3v) is 3.38. The maximum Gasteiger partial charge on any atom is 0.0192 e. The number of hydrogen-bond acceptors (Lipinski definition) is 2. The smallest absolute Gasteiger partial charge is 0.0192 e. The van der Waals surface area contributed by atoms with Crippen LogP contribution in [0.1, 0.15) is 47.5 Å². The van der Waals surface area contributed by atoms with Gasteiger partial charge in [-0.15, -0.1) is 0 Å². The van der Waals surface area contributed by atoms with E-state index in [4.69, 9.17) is 0 Å². The van der Waals surface area contributed by atoms with E-state index in [2.05, 4.69) is 51.9 Å². The summed E-state index contributed by atoms with van der Waals surface area (Å²) in [6, 6.07) is 0.635. The predicted octanol–water partition coefficient (Wildman–Crippen LogP) is 2.49. The first-order valence-electron chi connectivity index (χ1n) is 5.92. The van der Waals surface area contributed by atoms with Crippen LogP contribution < -0.4 is 5.32 Å². The monoisotopic (exact) mass is 200 g/mol. The molecule has 0 aromatic rings. The van der Waals surface area contributed by atoms with Crippen molar-refractivity contribution in [1.82, 2.24) is 10.2 Å². The molecule has 1 unspecified atom stereocenters. The van der Waals surface area contributed by atoms with Crippen LogP contribution in [0.4, 0.5) is 0 Å². The molecule has 1 N–H and O–H groups in total. The molecule has 2 heteroatoms. The summed E-state index contributed by atoms with van der Waals surface area (Å²) in [7, 11) is 2.23. The molecule has 0 aliphatic carbocycles. The van der Waals surface area contributed by atoms with Crippen molar-refractivity contribution < 1.29 is 0 Å². The SMILES string of the molecule is CCNC(CC)CN(C)C(C)(C)CC. The van der Waals surface area contributed by atoms with Gasteiger partial charge in [-0.3, -0.25) is 4.90 Å². The van der Waals surface area contributed by atoms with Gasteiger partial charge in [0.2, 0.25) is 0 Å². The Morgan fingerprint density at radius 3 is 2.14 bits per heavy atom. The second-order valence-corrected chi connectivity index (χ2v) is 4.71. The molecule has 2 nitrogen and oxygen atoms in total. The summed E-state index contributed by atoms with van der Waals surface area (Å²) >= 11 is 0. The maximum atomic E-state index is 3.52. The van der Waals surface area contributed by atoms with Gasteiger partial charge < -0.3 is 5.32 Å². The maximum absolute atomic E-state index is 3.52. The van der Waals surface area contributed by atoms with Crippen molar-refractivity contribution in [3.05, 3.63) is 0 Å². The minimum atomic E-state index is 0.322. The molecule has 0 fully saturated rings. The van der Waals surface area contributed by atoms with Crippen molar-refractivity contribution >= 4 is 0 Å². The molecule has 0 amide bonds. The van der Waals surface area contributed by atoms with Crippen LogP contribution in [-0.2, 0) is 0 Å². The Morgan fingerprint density at radius 2 is 1.79 bits per heavy atom. The van der Waals surface area contributed by atoms with Gasteiger partial charge in [-0.05, 0) is 40.3 Å². The minimum absolute atomic E-state index is 0.322. The van der Waals surface area contributed by atoms with E-state index in [0.29, 0.717) is 11.6 Å². The Kier molecular flexibility index (Phi) is 6.38. The van der Waals surface area contributed by atoms with E-state index in [9.17, 15) is 0 Å². The number of likely N-dealkylation sites (N-methyl/N-ethyl adjacent to an activating group) is 2. The second-order valence-electron chi connectivity index (χ2n) is 4.71. The van der Waals surface area contributed by atoms with Crippen LogP contribution in [0.3, 0.4) is 0 Å². The van der Waals surface area contributed by atoms with Crippen LogP contribution >= 0.6 is 0 Å². The lowest BCUT2D eigenvalue weighted by molar-refractivity contribution is 0.135. The Morgan fingerprint density at radius 1 is 1.21 bits per heavy atom. The van der Waals surface area contributed by atoms with Crippen LogP contribution in [0.5, 0.6) is 0 Å². The quantitative estimate of drug-likeness (QED) is 0.679. The Hall–Kier alpha value is -0.0800. The van der Waals surface area contributed by atoms with Gasteiger partial charge in [-0.1, -0.05) is 20.8 Å². The molecule has 86 valence electrons. The highest BCUT2D eigenvalue weighted by Gasteiger charge is 2.22. The molecule has 0 saturated carbocycles. The highest BCUT2D eigenvalue weighted by Crippen LogP contribution is 2.16. The topological polar surface area (TPSA) is 15.3 Å². The number of nitrogens with zero attached hydrogens (tertiary/aromatic N) is 1. The van der Waals surface area contributed by atoms with Crippen LogP contribution in [0.25, 0.3) is 0 Å². The van der Waals surface area contributed by atoms with E-state index in [1.807, 2.05) is 0 Å². The lowest BCUT2D eigenvalue weighted by Crippen LogP contribution is -2.48. The van der Waals surface area contributed by atoms with Gasteiger partial charge in [0.15, 0.2) is 0 Å².